The SMILES string of the molecule is C[C@H](O)c1ccc(OCC2CCOc3ccccc32)cc1. The van der Waals surface area contributed by atoms with Crippen LogP contribution in [0.4, 0.5) is 0 Å². The topological polar surface area (TPSA) is 38.7 Å². The van der Waals surface area contributed by atoms with E-state index in [4.69, 9.17) is 9.47 Å². The van der Waals surface area contributed by atoms with Gasteiger partial charge in [0.05, 0.1) is 19.3 Å². The zero-order valence-electron chi connectivity index (χ0n) is 12.2. The summed E-state index contributed by atoms with van der Waals surface area (Å²) in [5.74, 6) is 2.18. The van der Waals surface area contributed by atoms with Crippen LogP contribution in [0.1, 0.15) is 36.5 Å². The van der Waals surface area contributed by atoms with Gasteiger partial charge in [0, 0.05) is 11.5 Å². The van der Waals surface area contributed by atoms with Crippen molar-refractivity contribution < 1.29 is 14.6 Å². The highest BCUT2D eigenvalue weighted by Crippen LogP contribution is 2.33. The van der Waals surface area contributed by atoms with Crippen LogP contribution < -0.4 is 9.47 Å². The minimum Gasteiger partial charge on any atom is -0.493 e. The molecule has 110 valence electrons. The molecule has 1 aliphatic heterocycles. The number of ether oxygens (including phenoxy) is 2. The summed E-state index contributed by atoms with van der Waals surface area (Å²) in [4.78, 5) is 0. The van der Waals surface area contributed by atoms with Crippen molar-refractivity contribution in [2.45, 2.75) is 25.4 Å². The van der Waals surface area contributed by atoms with Crippen molar-refractivity contribution in [3.63, 3.8) is 0 Å². The van der Waals surface area contributed by atoms with Crippen LogP contribution in [-0.2, 0) is 0 Å². The van der Waals surface area contributed by atoms with Gasteiger partial charge in [0.15, 0.2) is 0 Å². The molecule has 0 radical (unpaired) electrons. The molecule has 1 N–H and O–H groups in total. The second kappa shape index (κ2) is 6.19. The first-order valence-corrected chi connectivity index (χ1v) is 7.36. The minimum absolute atomic E-state index is 0.367. The molecule has 21 heavy (non-hydrogen) atoms. The van der Waals surface area contributed by atoms with Crippen LogP contribution in [-0.4, -0.2) is 18.3 Å². The molecule has 3 heteroatoms. The maximum atomic E-state index is 9.50. The number of hydrogen-bond acceptors (Lipinski definition) is 3. The average Bonchev–Trinajstić information content (AvgIpc) is 2.53. The van der Waals surface area contributed by atoms with Gasteiger partial charge >= 0.3 is 0 Å². The molecule has 0 fully saturated rings. The van der Waals surface area contributed by atoms with E-state index in [1.54, 1.807) is 6.92 Å². The highest BCUT2D eigenvalue weighted by molar-refractivity contribution is 5.38. The van der Waals surface area contributed by atoms with Crippen molar-refractivity contribution in [3.05, 3.63) is 59.7 Å². The van der Waals surface area contributed by atoms with Gasteiger partial charge in [-0.3, -0.25) is 0 Å². The molecule has 1 aliphatic rings. The molecule has 2 aromatic rings. The van der Waals surface area contributed by atoms with Crippen molar-refractivity contribution in [1.82, 2.24) is 0 Å². The molecule has 3 nitrogen and oxygen atoms in total. The van der Waals surface area contributed by atoms with Gasteiger partial charge in [0.2, 0.25) is 0 Å². The van der Waals surface area contributed by atoms with E-state index in [0.29, 0.717) is 12.5 Å². The Morgan fingerprint density at radius 1 is 1.19 bits per heavy atom. The summed E-state index contributed by atoms with van der Waals surface area (Å²) in [6.45, 7) is 3.15. The predicted molar refractivity (Wildman–Crippen MR) is 81.9 cm³/mol. The van der Waals surface area contributed by atoms with Crippen LogP contribution in [0, 0.1) is 0 Å². The van der Waals surface area contributed by atoms with E-state index in [-0.39, 0.29) is 0 Å². The Morgan fingerprint density at radius 2 is 1.95 bits per heavy atom. The van der Waals surface area contributed by atoms with Gasteiger partial charge in [-0.2, -0.15) is 0 Å². The molecule has 0 saturated carbocycles. The first-order valence-electron chi connectivity index (χ1n) is 7.36. The van der Waals surface area contributed by atoms with Crippen LogP contribution >= 0.6 is 0 Å². The lowest BCUT2D eigenvalue weighted by atomic mass is 9.94. The lowest BCUT2D eigenvalue weighted by molar-refractivity contribution is 0.198. The van der Waals surface area contributed by atoms with Crippen molar-refractivity contribution >= 4 is 0 Å². The second-order valence-corrected chi connectivity index (χ2v) is 5.43. The largest absolute Gasteiger partial charge is 0.493 e. The third kappa shape index (κ3) is 3.19. The number of fused-ring (bicyclic) bond motifs is 1. The second-order valence-electron chi connectivity index (χ2n) is 5.43. The summed E-state index contributed by atoms with van der Waals surface area (Å²) in [6.07, 6.45) is 0.532. The van der Waals surface area contributed by atoms with E-state index < -0.39 is 6.10 Å². The molecule has 0 bridgehead atoms. The minimum atomic E-state index is -0.443. The first-order chi connectivity index (χ1) is 10.2. The fourth-order valence-corrected chi connectivity index (χ4v) is 2.63. The van der Waals surface area contributed by atoms with Crippen LogP contribution in [0.5, 0.6) is 11.5 Å². The Bertz CT molecular complexity index is 590. The van der Waals surface area contributed by atoms with Crippen LogP contribution in [0.3, 0.4) is 0 Å². The maximum Gasteiger partial charge on any atom is 0.122 e. The Hall–Kier alpha value is -2.00. The fraction of sp³-hybridized carbons (Fsp3) is 0.333. The Balaban J connectivity index is 1.66. The normalized spacial score (nSPS) is 18.5. The zero-order valence-corrected chi connectivity index (χ0v) is 12.2. The van der Waals surface area contributed by atoms with E-state index in [1.807, 2.05) is 42.5 Å². The summed E-state index contributed by atoms with van der Waals surface area (Å²) >= 11 is 0. The van der Waals surface area contributed by atoms with Crippen molar-refractivity contribution in [1.29, 1.82) is 0 Å². The Morgan fingerprint density at radius 3 is 2.71 bits per heavy atom. The first kappa shape index (κ1) is 14.0. The Labute approximate surface area is 125 Å². The highest BCUT2D eigenvalue weighted by atomic mass is 16.5. The average molecular weight is 284 g/mol. The van der Waals surface area contributed by atoms with E-state index in [0.717, 1.165) is 30.1 Å². The van der Waals surface area contributed by atoms with Gasteiger partial charge in [-0.15, -0.1) is 0 Å². The molecule has 2 atom stereocenters. The van der Waals surface area contributed by atoms with Crippen LogP contribution in [0.2, 0.25) is 0 Å². The maximum absolute atomic E-state index is 9.50. The number of aliphatic hydroxyl groups excluding tert-OH is 1. The van der Waals surface area contributed by atoms with E-state index in [9.17, 15) is 5.11 Å². The molecule has 0 aliphatic carbocycles. The standard InChI is InChI=1S/C18H20O3/c1-13(19)14-6-8-16(9-7-14)21-12-15-10-11-20-18-5-3-2-4-17(15)18/h2-9,13,15,19H,10-12H2,1H3/t13-,15?/m0/s1. The van der Waals surface area contributed by atoms with Gasteiger partial charge in [0.1, 0.15) is 11.5 Å². The molecule has 0 saturated heterocycles. The molecule has 0 spiro atoms. The van der Waals surface area contributed by atoms with Gasteiger partial charge in [-0.1, -0.05) is 30.3 Å². The zero-order chi connectivity index (χ0) is 14.7. The summed E-state index contributed by atoms with van der Waals surface area (Å²) in [6, 6.07) is 15.8. The number of para-hydroxylation sites is 1. The van der Waals surface area contributed by atoms with Crippen molar-refractivity contribution in [2.75, 3.05) is 13.2 Å². The molecule has 3 rings (SSSR count). The number of aliphatic hydroxyl groups is 1. The summed E-state index contributed by atoms with van der Waals surface area (Å²) in [5, 5.41) is 9.50. The molecule has 0 aromatic heterocycles. The van der Waals surface area contributed by atoms with E-state index in [1.165, 1.54) is 5.56 Å². The third-order valence-corrected chi connectivity index (χ3v) is 3.90. The fourth-order valence-electron chi connectivity index (χ4n) is 2.63. The summed E-state index contributed by atoms with van der Waals surface area (Å²) in [7, 11) is 0. The molecule has 0 amide bonds. The molecule has 1 heterocycles. The number of benzene rings is 2. The van der Waals surface area contributed by atoms with Crippen molar-refractivity contribution in [2.24, 2.45) is 0 Å². The highest BCUT2D eigenvalue weighted by Gasteiger charge is 2.21. The molecular formula is C18H20O3. The Kier molecular flexibility index (Phi) is 4.11. The van der Waals surface area contributed by atoms with Gasteiger partial charge in [-0.25, -0.2) is 0 Å². The lowest BCUT2D eigenvalue weighted by Crippen LogP contribution is -2.19. The van der Waals surface area contributed by atoms with E-state index >= 15 is 0 Å². The summed E-state index contributed by atoms with van der Waals surface area (Å²) < 4.78 is 11.6. The monoisotopic (exact) mass is 284 g/mol. The number of rotatable bonds is 4. The smallest absolute Gasteiger partial charge is 0.122 e. The van der Waals surface area contributed by atoms with E-state index in [2.05, 4.69) is 6.07 Å². The molecular weight excluding hydrogens is 264 g/mol. The summed E-state index contributed by atoms with van der Waals surface area (Å²) in [5.41, 5.74) is 2.13. The molecule has 1 unspecified atom stereocenters. The van der Waals surface area contributed by atoms with Gasteiger partial charge < -0.3 is 14.6 Å². The van der Waals surface area contributed by atoms with Gasteiger partial charge in [0.25, 0.3) is 0 Å². The quantitative estimate of drug-likeness (QED) is 0.930. The van der Waals surface area contributed by atoms with Crippen molar-refractivity contribution in [3.8, 4) is 11.5 Å². The lowest BCUT2D eigenvalue weighted by Gasteiger charge is -2.25. The van der Waals surface area contributed by atoms with Crippen LogP contribution in [0.25, 0.3) is 0 Å². The number of hydrogen-bond donors (Lipinski definition) is 1. The molecule has 2 aromatic carbocycles. The van der Waals surface area contributed by atoms with Crippen LogP contribution in [0.15, 0.2) is 48.5 Å². The van der Waals surface area contributed by atoms with Gasteiger partial charge in [-0.05, 0) is 37.1 Å². The third-order valence-electron chi connectivity index (χ3n) is 3.90. The predicted octanol–water partition coefficient (Wildman–Crippen LogP) is 3.69.